The van der Waals surface area contributed by atoms with E-state index in [1.54, 1.807) is 26.8 Å². The molecule has 2 atom stereocenters. The smallest absolute Gasteiger partial charge is 0.387 e. The van der Waals surface area contributed by atoms with E-state index in [4.69, 9.17) is 11.6 Å². The lowest BCUT2D eigenvalue weighted by Crippen LogP contribution is -2.20. The summed E-state index contributed by atoms with van der Waals surface area (Å²) in [4.78, 5) is 14.7. The third-order valence-corrected chi connectivity index (χ3v) is 6.25. The molecule has 1 aromatic carbocycles. The van der Waals surface area contributed by atoms with Crippen molar-refractivity contribution in [2.24, 2.45) is 4.40 Å². The van der Waals surface area contributed by atoms with Crippen molar-refractivity contribution in [2.45, 2.75) is 44.6 Å². The number of hydrogen-bond donors (Lipinski definition) is 1. The molecule has 8 nitrogen and oxygen atoms in total. The second-order valence-electron chi connectivity index (χ2n) is 7.37. The van der Waals surface area contributed by atoms with Gasteiger partial charge in [-0.2, -0.15) is 13.2 Å². The molecular weight excluding hydrogens is 534 g/mol. The van der Waals surface area contributed by atoms with Crippen molar-refractivity contribution in [3.8, 4) is 5.75 Å². The molecular formula is C19H20BrClF2N4O4S. The first-order valence-electron chi connectivity index (χ1n) is 9.15. The van der Waals surface area contributed by atoms with Crippen LogP contribution in [0.4, 0.5) is 20.3 Å². The molecule has 0 spiro atoms. The first kappa shape index (κ1) is 26.1. The number of ether oxygens (including phenoxy) is 1. The van der Waals surface area contributed by atoms with E-state index in [2.05, 4.69) is 35.4 Å². The Labute approximate surface area is 199 Å². The van der Waals surface area contributed by atoms with Gasteiger partial charge < -0.3 is 10.1 Å². The van der Waals surface area contributed by atoms with Gasteiger partial charge in [-0.25, -0.2) is 9.19 Å². The highest BCUT2D eigenvalue weighted by atomic mass is 79.9. The van der Waals surface area contributed by atoms with Gasteiger partial charge in [-0.05, 0) is 39.0 Å². The van der Waals surface area contributed by atoms with Gasteiger partial charge in [0.15, 0.2) is 0 Å². The number of benzene rings is 1. The van der Waals surface area contributed by atoms with E-state index in [1.807, 2.05) is 0 Å². The molecule has 1 heterocycles. The fraction of sp³-hybridized carbons (Fsp3) is 0.368. The fourth-order valence-corrected chi connectivity index (χ4v) is 3.83. The summed E-state index contributed by atoms with van der Waals surface area (Å²) >= 11 is 9.22. The Bertz CT molecular complexity index is 1040. The molecule has 0 amide bonds. The maximum atomic E-state index is 13.0. The molecule has 0 saturated heterocycles. The molecule has 174 valence electrons. The monoisotopic (exact) mass is 552 g/mol. The van der Waals surface area contributed by atoms with Crippen LogP contribution in [0.2, 0.25) is 5.15 Å². The van der Waals surface area contributed by atoms with E-state index in [-0.39, 0.29) is 34.4 Å². The van der Waals surface area contributed by atoms with E-state index in [0.717, 1.165) is 0 Å². The molecule has 13 heteroatoms. The minimum Gasteiger partial charge on any atom is -0.434 e. The lowest BCUT2D eigenvalue weighted by Gasteiger charge is -2.22. The number of hydrogen-bond acceptors (Lipinski definition) is 6. The van der Waals surface area contributed by atoms with Gasteiger partial charge in [-0.15, -0.1) is 0 Å². The third-order valence-electron chi connectivity index (χ3n) is 3.96. The van der Waals surface area contributed by atoms with Crippen molar-refractivity contribution in [3.05, 3.63) is 55.6 Å². The van der Waals surface area contributed by atoms with Crippen LogP contribution in [0.25, 0.3) is 0 Å². The Morgan fingerprint density at radius 3 is 2.66 bits per heavy atom. The van der Waals surface area contributed by atoms with Gasteiger partial charge in [0.2, 0.25) is 5.82 Å². The van der Waals surface area contributed by atoms with Crippen LogP contribution >= 0.6 is 27.5 Å². The van der Waals surface area contributed by atoms with Gasteiger partial charge in [-0.3, -0.25) is 10.1 Å². The summed E-state index contributed by atoms with van der Waals surface area (Å²) in [7, 11) is -1.56. The van der Waals surface area contributed by atoms with Crippen LogP contribution in [0.1, 0.15) is 38.8 Å². The Morgan fingerprint density at radius 2 is 2.06 bits per heavy atom. The number of pyridine rings is 1. The summed E-state index contributed by atoms with van der Waals surface area (Å²) in [5, 5.41) is 14.3. The average molecular weight is 554 g/mol. The van der Waals surface area contributed by atoms with E-state index in [9.17, 15) is 23.1 Å². The van der Waals surface area contributed by atoms with Crippen molar-refractivity contribution < 1.29 is 22.6 Å². The first-order valence-corrected chi connectivity index (χ1v) is 11.4. The molecule has 0 saturated carbocycles. The van der Waals surface area contributed by atoms with Crippen LogP contribution in [0, 0.1) is 10.1 Å². The van der Waals surface area contributed by atoms with Crippen LogP contribution in [0.5, 0.6) is 5.75 Å². The zero-order valence-corrected chi connectivity index (χ0v) is 20.4. The normalized spacial score (nSPS) is 13.9. The molecule has 0 fully saturated rings. The summed E-state index contributed by atoms with van der Waals surface area (Å²) in [6, 6.07) is 6.01. The standard InChI is InChI=1S/C19H20BrClF2N4O4S/c1-19(2,3)32(30)24-10-9-12(16-11(20)5-4-6-14(16)31-18(22)23)25-17-13(27(28)29)7-8-15(21)26-17/h4-8,10,12,18H,9H2,1-3H3,(H,25,26)/t12-,32-/m1/s1. The van der Waals surface area contributed by atoms with Gasteiger partial charge in [0.1, 0.15) is 21.9 Å². The number of aromatic nitrogens is 1. The van der Waals surface area contributed by atoms with Gasteiger partial charge in [0.25, 0.3) is 0 Å². The van der Waals surface area contributed by atoms with E-state index in [0.29, 0.717) is 4.47 Å². The minimum atomic E-state index is -3.09. The third kappa shape index (κ3) is 7.17. The van der Waals surface area contributed by atoms with Crippen molar-refractivity contribution in [1.29, 1.82) is 0 Å². The van der Waals surface area contributed by atoms with Crippen LogP contribution < -0.4 is 10.1 Å². The van der Waals surface area contributed by atoms with Crippen molar-refractivity contribution in [3.63, 3.8) is 0 Å². The highest BCUT2D eigenvalue weighted by Gasteiger charge is 2.25. The first-order chi connectivity index (χ1) is 14.9. The summed E-state index contributed by atoms with van der Waals surface area (Å²) in [5.41, 5.74) is -0.116. The van der Waals surface area contributed by atoms with Crippen LogP contribution in [0.15, 0.2) is 39.2 Å². The Kier molecular flexibility index (Phi) is 9.05. The fourth-order valence-electron chi connectivity index (χ4n) is 2.52. The molecule has 2 aromatic rings. The van der Waals surface area contributed by atoms with Crippen LogP contribution in [-0.2, 0) is 11.0 Å². The number of anilines is 1. The molecule has 1 aromatic heterocycles. The van der Waals surface area contributed by atoms with Crippen molar-refractivity contribution in [1.82, 2.24) is 4.98 Å². The topological polar surface area (TPSA) is 107 Å². The molecule has 0 radical (unpaired) electrons. The SMILES string of the molecule is CC(C)(C)[S@@](=O)N=CC[C@@H](Nc1nc(Cl)ccc1[N+](=O)[O-])c1c(Br)cccc1OC(F)F. The van der Waals surface area contributed by atoms with Gasteiger partial charge in [0, 0.05) is 28.7 Å². The molecule has 0 aliphatic carbocycles. The molecule has 0 unspecified atom stereocenters. The number of nitrogens with one attached hydrogen (secondary N) is 1. The largest absolute Gasteiger partial charge is 0.434 e. The predicted octanol–water partition coefficient (Wildman–Crippen LogP) is 6.08. The molecule has 1 N–H and O–H groups in total. The maximum Gasteiger partial charge on any atom is 0.387 e. The van der Waals surface area contributed by atoms with Gasteiger partial charge >= 0.3 is 12.3 Å². The van der Waals surface area contributed by atoms with E-state index < -0.39 is 33.3 Å². The highest BCUT2D eigenvalue weighted by molar-refractivity contribution is 9.10. The highest BCUT2D eigenvalue weighted by Crippen LogP contribution is 2.38. The maximum absolute atomic E-state index is 13.0. The average Bonchev–Trinajstić information content (AvgIpc) is 2.66. The zero-order chi connectivity index (χ0) is 24.1. The van der Waals surface area contributed by atoms with Gasteiger partial charge in [-0.1, -0.05) is 33.6 Å². The van der Waals surface area contributed by atoms with Crippen molar-refractivity contribution >= 4 is 56.2 Å². The minimum absolute atomic E-state index is 0.00413. The zero-order valence-electron chi connectivity index (χ0n) is 17.2. The number of alkyl halides is 2. The van der Waals surface area contributed by atoms with E-state index in [1.165, 1.54) is 30.5 Å². The van der Waals surface area contributed by atoms with Crippen molar-refractivity contribution in [2.75, 3.05) is 5.32 Å². The summed E-state index contributed by atoms with van der Waals surface area (Å²) in [5.74, 6) is -0.321. The predicted molar refractivity (Wildman–Crippen MR) is 124 cm³/mol. The number of rotatable bonds is 9. The number of nitro groups is 1. The Morgan fingerprint density at radius 1 is 1.38 bits per heavy atom. The lowest BCUT2D eigenvalue weighted by atomic mass is 10.0. The lowest BCUT2D eigenvalue weighted by molar-refractivity contribution is -0.384. The summed E-state index contributed by atoms with van der Waals surface area (Å²) < 4.78 is 46.7. The van der Waals surface area contributed by atoms with E-state index >= 15 is 0 Å². The second kappa shape index (κ2) is 11.1. The van der Waals surface area contributed by atoms with Crippen LogP contribution in [-0.4, -0.2) is 31.7 Å². The molecule has 0 bridgehead atoms. The molecule has 0 aliphatic rings. The number of nitrogens with zero attached hydrogens (tertiary/aromatic N) is 3. The molecule has 2 rings (SSSR count). The summed E-state index contributed by atoms with van der Waals surface area (Å²) in [6.45, 7) is 2.15. The van der Waals surface area contributed by atoms with Gasteiger partial charge in [0.05, 0.1) is 15.7 Å². The number of halogens is 4. The quantitative estimate of drug-likeness (QED) is 0.174. The second-order valence-corrected chi connectivity index (χ2v) is 10.5. The summed E-state index contributed by atoms with van der Waals surface area (Å²) in [6.07, 6.45) is 1.39. The Balaban J connectivity index is 2.53. The Hall–Kier alpha value is -2.18. The molecule has 32 heavy (non-hydrogen) atoms. The van der Waals surface area contributed by atoms with Crippen LogP contribution in [0.3, 0.4) is 0 Å². The molecule has 0 aliphatic heterocycles.